The van der Waals surface area contributed by atoms with Crippen LogP contribution < -0.4 is 5.32 Å². The van der Waals surface area contributed by atoms with Gasteiger partial charge in [-0.1, -0.05) is 13.8 Å². The molecule has 2 unspecified atom stereocenters. The number of nitrogens with zero attached hydrogens (tertiary/aromatic N) is 1. The molecule has 18 heavy (non-hydrogen) atoms. The van der Waals surface area contributed by atoms with Crippen molar-refractivity contribution < 1.29 is 9.53 Å². The Kier molecular flexibility index (Phi) is 4.28. The molecule has 4 heteroatoms. The molecule has 0 radical (unpaired) electrons. The Bertz CT molecular complexity index is 304. The smallest absolute Gasteiger partial charge is 0.229 e. The minimum Gasteiger partial charge on any atom is -0.379 e. The summed E-state index contributed by atoms with van der Waals surface area (Å²) in [6.45, 7) is 7.65. The molecule has 0 bridgehead atoms. The van der Waals surface area contributed by atoms with Crippen molar-refractivity contribution in [2.75, 3.05) is 33.4 Å². The fraction of sp³-hybridized carbons (Fsp3) is 0.929. The molecular formula is C14H26N2O2. The first kappa shape index (κ1) is 13.8. The Hall–Kier alpha value is -0.610. The van der Waals surface area contributed by atoms with Crippen LogP contribution in [0.4, 0.5) is 0 Å². The Morgan fingerprint density at radius 3 is 2.78 bits per heavy atom. The zero-order valence-corrected chi connectivity index (χ0v) is 11.9. The van der Waals surface area contributed by atoms with Gasteiger partial charge in [0.15, 0.2) is 0 Å². The van der Waals surface area contributed by atoms with Crippen molar-refractivity contribution in [2.45, 2.75) is 39.2 Å². The molecule has 104 valence electrons. The molecule has 2 rings (SSSR count). The van der Waals surface area contributed by atoms with Crippen LogP contribution in [0.1, 0.15) is 33.1 Å². The van der Waals surface area contributed by atoms with Crippen LogP contribution >= 0.6 is 0 Å². The van der Waals surface area contributed by atoms with Crippen LogP contribution in [0.3, 0.4) is 0 Å². The number of hydrogen-bond acceptors (Lipinski definition) is 3. The number of likely N-dealkylation sites (tertiary alicyclic amines) is 1. The normalized spacial score (nSPS) is 32.3. The summed E-state index contributed by atoms with van der Waals surface area (Å²) in [5, 5.41) is 3.19. The summed E-state index contributed by atoms with van der Waals surface area (Å²) in [5.41, 5.74) is 0.379. The zero-order valence-electron chi connectivity index (χ0n) is 11.9. The highest BCUT2D eigenvalue weighted by molar-refractivity contribution is 5.80. The summed E-state index contributed by atoms with van der Waals surface area (Å²) in [4.78, 5) is 14.6. The molecule has 2 aliphatic heterocycles. The van der Waals surface area contributed by atoms with Gasteiger partial charge in [0.2, 0.25) is 5.91 Å². The van der Waals surface area contributed by atoms with Gasteiger partial charge >= 0.3 is 0 Å². The third-order valence-electron chi connectivity index (χ3n) is 4.42. The second-order valence-electron chi connectivity index (χ2n) is 6.38. The molecule has 0 aliphatic carbocycles. The van der Waals surface area contributed by atoms with Gasteiger partial charge in [0.05, 0.1) is 19.1 Å². The monoisotopic (exact) mass is 254 g/mol. The zero-order chi connectivity index (χ0) is 13.2. The van der Waals surface area contributed by atoms with Gasteiger partial charge in [-0.15, -0.1) is 0 Å². The lowest BCUT2D eigenvalue weighted by atomic mass is 9.85. The lowest BCUT2D eigenvalue weighted by molar-refractivity contribution is -0.136. The predicted octanol–water partition coefficient (Wildman–Crippen LogP) is 1.26. The third kappa shape index (κ3) is 3.04. The lowest BCUT2D eigenvalue weighted by Gasteiger charge is -2.27. The maximum Gasteiger partial charge on any atom is 0.229 e. The average Bonchev–Trinajstić information content (AvgIpc) is 2.73. The fourth-order valence-corrected chi connectivity index (χ4v) is 2.96. The number of amides is 1. The van der Waals surface area contributed by atoms with Crippen LogP contribution in [0.25, 0.3) is 0 Å². The minimum absolute atomic E-state index is 0.0104. The summed E-state index contributed by atoms with van der Waals surface area (Å²) in [6.07, 6.45) is 3.44. The van der Waals surface area contributed by atoms with Gasteiger partial charge in [-0.2, -0.15) is 0 Å². The van der Waals surface area contributed by atoms with Crippen LogP contribution in [0.5, 0.6) is 0 Å². The lowest BCUT2D eigenvalue weighted by Crippen LogP contribution is -2.45. The van der Waals surface area contributed by atoms with E-state index in [0.29, 0.717) is 18.6 Å². The molecule has 2 atom stereocenters. The largest absolute Gasteiger partial charge is 0.379 e. The van der Waals surface area contributed by atoms with Gasteiger partial charge in [-0.25, -0.2) is 0 Å². The summed E-state index contributed by atoms with van der Waals surface area (Å²) < 4.78 is 5.43. The van der Waals surface area contributed by atoms with Gasteiger partial charge in [-0.3, -0.25) is 4.79 Å². The van der Waals surface area contributed by atoms with Crippen molar-refractivity contribution in [1.29, 1.82) is 0 Å². The molecular weight excluding hydrogens is 228 g/mol. The number of rotatable bonds is 2. The minimum atomic E-state index is 0.0104. The fourth-order valence-electron chi connectivity index (χ4n) is 2.96. The number of ether oxygens (including phenoxy) is 1. The molecule has 4 nitrogen and oxygen atoms in total. The van der Waals surface area contributed by atoms with E-state index in [9.17, 15) is 4.79 Å². The standard InChI is InChI=1S/C14H26N2O2/c1-14(2)5-4-7-16(8-6-14)13(17)11-9-18-10-12(11)15-3/h11-12,15H,4-10H2,1-3H3. The van der Waals surface area contributed by atoms with E-state index in [1.165, 1.54) is 6.42 Å². The Morgan fingerprint density at radius 1 is 1.28 bits per heavy atom. The number of nitrogens with one attached hydrogen (secondary N) is 1. The number of likely N-dealkylation sites (N-methyl/N-ethyl adjacent to an activating group) is 1. The maximum absolute atomic E-state index is 12.5. The number of carbonyl (C=O) groups excluding carboxylic acids is 1. The topological polar surface area (TPSA) is 41.6 Å². The van der Waals surface area contributed by atoms with E-state index >= 15 is 0 Å². The first-order chi connectivity index (χ1) is 8.53. The molecule has 2 fully saturated rings. The molecule has 2 heterocycles. The highest BCUT2D eigenvalue weighted by atomic mass is 16.5. The second kappa shape index (κ2) is 5.57. The van der Waals surface area contributed by atoms with E-state index in [1.54, 1.807) is 0 Å². The summed E-state index contributed by atoms with van der Waals surface area (Å²) >= 11 is 0. The van der Waals surface area contributed by atoms with E-state index in [1.807, 2.05) is 7.05 Å². The van der Waals surface area contributed by atoms with Crippen molar-refractivity contribution in [1.82, 2.24) is 10.2 Å². The van der Waals surface area contributed by atoms with Crippen molar-refractivity contribution >= 4 is 5.91 Å². The van der Waals surface area contributed by atoms with Crippen LogP contribution in [0.15, 0.2) is 0 Å². The molecule has 0 saturated carbocycles. The van der Waals surface area contributed by atoms with Crippen LogP contribution in [-0.2, 0) is 9.53 Å². The quantitative estimate of drug-likeness (QED) is 0.806. The summed E-state index contributed by atoms with van der Waals surface area (Å²) in [5.74, 6) is 0.292. The summed E-state index contributed by atoms with van der Waals surface area (Å²) in [6, 6.07) is 0.189. The Balaban J connectivity index is 1.96. The molecule has 0 aromatic rings. The highest BCUT2D eigenvalue weighted by Gasteiger charge is 2.36. The van der Waals surface area contributed by atoms with E-state index in [-0.39, 0.29) is 17.9 Å². The van der Waals surface area contributed by atoms with E-state index < -0.39 is 0 Å². The van der Waals surface area contributed by atoms with Gasteiger partial charge in [0.25, 0.3) is 0 Å². The Labute approximate surface area is 110 Å². The van der Waals surface area contributed by atoms with Crippen LogP contribution in [-0.4, -0.2) is 50.2 Å². The highest BCUT2D eigenvalue weighted by Crippen LogP contribution is 2.30. The molecule has 0 aromatic heterocycles. The number of carbonyl (C=O) groups is 1. The van der Waals surface area contributed by atoms with Crippen molar-refractivity contribution in [2.24, 2.45) is 11.3 Å². The molecule has 1 N–H and O–H groups in total. The van der Waals surface area contributed by atoms with Gasteiger partial charge < -0.3 is 15.0 Å². The van der Waals surface area contributed by atoms with Crippen molar-refractivity contribution in [3.8, 4) is 0 Å². The van der Waals surface area contributed by atoms with Crippen molar-refractivity contribution in [3.05, 3.63) is 0 Å². The third-order valence-corrected chi connectivity index (χ3v) is 4.42. The van der Waals surface area contributed by atoms with Gasteiger partial charge in [-0.05, 0) is 31.7 Å². The molecule has 2 aliphatic rings. The maximum atomic E-state index is 12.5. The van der Waals surface area contributed by atoms with Gasteiger partial charge in [0, 0.05) is 19.1 Å². The second-order valence-corrected chi connectivity index (χ2v) is 6.38. The summed E-state index contributed by atoms with van der Waals surface area (Å²) in [7, 11) is 1.91. The average molecular weight is 254 g/mol. The van der Waals surface area contributed by atoms with E-state index in [0.717, 1.165) is 25.9 Å². The first-order valence-electron chi connectivity index (χ1n) is 7.07. The van der Waals surface area contributed by atoms with Crippen LogP contribution in [0, 0.1) is 11.3 Å². The molecule has 0 spiro atoms. The van der Waals surface area contributed by atoms with Crippen LogP contribution in [0.2, 0.25) is 0 Å². The molecule has 1 amide bonds. The van der Waals surface area contributed by atoms with E-state index in [4.69, 9.17) is 4.74 Å². The first-order valence-corrected chi connectivity index (χ1v) is 7.07. The van der Waals surface area contributed by atoms with Gasteiger partial charge in [0.1, 0.15) is 0 Å². The predicted molar refractivity (Wildman–Crippen MR) is 71.4 cm³/mol. The molecule has 2 saturated heterocycles. The van der Waals surface area contributed by atoms with E-state index in [2.05, 4.69) is 24.1 Å². The SMILES string of the molecule is CNC1COCC1C(=O)N1CCCC(C)(C)CC1. The Morgan fingerprint density at radius 2 is 2.06 bits per heavy atom. The number of hydrogen-bond donors (Lipinski definition) is 1. The molecule has 0 aromatic carbocycles. The van der Waals surface area contributed by atoms with Crippen molar-refractivity contribution in [3.63, 3.8) is 0 Å².